The Labute approximate surface area is 181 Å². The van der Waals surface area contributed by atoms with Crippen molar-refractivity contribution in [1.29, 1.82) is 0 Å². The summed E-state index contributed by atoms with van der Waals surface area (Å²) in [6, 6.07) is 5.76. The van der Waals surface area contributed by atoms with Crippen molar-refractivity contribution in [1.82, 2.24) is 0 Å². The van der Waals surface area contributed by atoms with Gasteiger partial charge in [0.15, 0.2) is 6.10 Å². The van der Waals surface area contributed by atoms with Crippen LogP contribution >= 0.6 is 0 Å². The molecule has 1 amide bonds. The third-order valence-electron chi connectivity index (χ3n) is 6.21. The first kappa shape index (κ1) is 24.6. The predicted molar refractivity (Wildman–Crippen MR) is 102 cm³/mol. The third-order valence-corrected chi connectivity index (χ3v) is 6.21. The van der Waals surface area contributed by atoms with Gasteiger partial charge in [0.1, 0.15) is 12.4 Å². The van der Waals surface area contributed by atoms with E-state index < -0.39 is 42.7 Å². The second kappa shape index (κ2) is 8.74. The van der Waals surface area contributed by atoms with Gasteiger partial charge in [-0.1, -0.05) is 0 Å². The second-order valence-corrected chi connectivity index (χ2v) is 8.62. The number of aliphatic hydroxyl groups is 1. The number of rotatable bonds is 6. The highest BCUT2D eigenvalue weighted by atomic mass is 19.4. The Bertz CT molecular complexity index is 800. The first-order chi connectivity index (χ1) is 14.7. The summed E-state index contributed by atoms with van der Waals surface area (Å²) >= 11 is 0. The summed E-state index contributed by atoms with van der Waals surface area (Å²) < 4.78 is 84.2. The van der Waals surface area contributed by atoms with Crippen molar-refractivity contribution < 1.29 is 45.7 Å². The average molecular weight is 469 g/mol. The van der Waals surface area contributed by atoms with Gasteiger partial charge in [-0.2, -0.15) is 26.3 Å². The lowest BCUT2D eigenvalue weighted by Crippen LogP contribution is -2.46. The zero-order chi connectivity index (χ0) is 23.8. The maximum Gasteiger partial charge on any atom is 0.425 e. The van der Waals surface area contributed by atoms with Crippen LogP contribution in [0.3, 0.4) is 0 Å². The van der Waals surface area contributed by atoms with Crippen molar-refractivity contribution in [2.75, 3.05) is 24.7 Å². The fourth-order valence-electron chi connectivity index (χ4n) is 4.20. The van der Waals surface area contributed by atoms with E-state index in [1.807, 2.05) is 0 Å². The van der Waals surface area contributed by atoms with Crippen molar-refractivity contribution >= 4 is 11.6 Å². The average Bonchev–Trinajstić information content (AvgIpc) is 3.00. The highest BCUT2D eigenvalue weighted by Gasteiger charge is 2.51. The van der Waals surface area contributed by atoms with Gasteiger partial charge in [0.25, 0.3) is 0 Å². The number of hydrogen-bond donors (Lipinski definition) is 1. The van der Waals surface area contributed by atoms with Gasteiger partial charge in [-0.3, -0.25) is 4.79 Å². The molecular weight excluding hydrogens is 444 g/mol. The van der Waals surface area contributed by atoms with Crippen LogP contribution in [-0.4, -0.2) is 54.8 Å². The van der Waals surface area contributed by atoms with E-state index >= 15 is 0 Å². The predicted octanol–water partition coefficient (Wildman–Crippen LogP) is 4.62. The summed E-state index contributed by atoms with van der Waals surface area (Å²) in [5, 5.41) is 10.5. The van der Waals surface area contributed by atoms with Crippen LogP contribution in [0.1, 0.15) is 39.0 Å². The molecule has 0 radical (unpaired) electrons. The highest BCUT2D eigenvalue weighted by Crippen LogP contribution is 2.48. The molecule has 11 heteroatoms. The molecule has 1 aromatic carbocycles. The van der Waals surface area contributed by atoms with E-state index in [-0.39, 0.29) is 24.5 Å². The lowest BCUT2D eigenvalue weighted by Gasteiger charge is -2.40. The quantitative estimate of drug-likeness (QED) is 0.618. The van der Waals surface area contributed by atoms with Crippen LogP contribution in [0.4, 0.5) is 32.0 Å². The lowest BCUT2D eigenvalue weighted by atomic mass is 9.68. The minimum atomic E-state index is -4.49. The molecule has 1 aliphatic carbocycles. The third kappa shape index (κ3) is 5.67. The zero-order valence-electron chi connectivity index (χ0n) is 17.4. The summed E-state index contributed by atoms with van der Waals surface area (Å²) in [5.41, 5.74) is -1.59. The monoisotopic (exact) mass is 469 g/mol. The standard InChI is InChI=1S/C21H25F6NO4/c1-14(21(25,26)27)32-16-4-2-15(3-5-16)28-11-10-18(17(28)29)6-8-19(30,9-7-18)12-31-13-20(22,23)24/h2-5,14,30H,6-13H2,1H3/t14-,18?,19?/m0/s1. The number of hydrogen-bond acceptors (Lipinski definition) is 4. The van der Waals surface area contributed by atoms with E-state index in [0.29, 0.717) is 31.5 Å². The molecule has 2 fully saturated rings. The molecule has 0 bridgehead atoms. The molecule has 1 spiro atoms. The second-order valence-electron chi connectivity index (χ2n) is 8.62. The number of carbonyl (C=O) groups is 1. The largest absolute Gasteiger partial charge is 0.481 e. The van der Waals surface area contributed by atoms with Crippen LogP contribution in [0.15, 0.2) is 24.3 Å². The number of anilines is 1. The molecule has 0 aromatic heterocycles. The molecule has 2 aliphatic rings. The summed E-state index contributed by atoms with van der Waals surface area (Å²) in [6.45, 7) is -0.575. The number of halogens is 6. The summed E-state index contributed by atoms with van der Waals surface area (Å²) in [6.07, 6.45) is -9.48. The normalized spacial score (nSPS) is 27.8. The molecule has 1 saturated heterocycles. The van der Waals surface area contributed by atoms with Gasteiger partial charge in [0.05, 0.1) is 17.6 Å². The number of amides is 1. The number of carbonyl (C=O) groups excluding carboxylic acids is 1. The van der Waals surface area contributed by atoms with Gasteiger partial charge in [-0.05, 0) is 63.3 Å². The highest BCUT2D eigenvalue weighted by molar-refractivity contribution is 6.00. The molecule has 0 unspecified atom stereocenters. The van der Waals surface area contributed by atoms with E-state index in [4.69, 9.17) is 4.74 Å². The van der Waals surface area contributed by atoms with Gasteiger partial charge >= 0.3 is 12.4 Å². The molecule has 1 atom stereocenters. The number of ether oxygens (including phenoxy) is 2. The Morgan fingerprint density at radius 1 is 1.03 bits per heavy atom. The molecule has 1 heterocycles. The molecule has 32 heavy (non-hydrogen) atoms. The maximum absolute atomic E-state index is 13.1. The van der Waals surface area contributed by atoms with Crippen LogP contribution in [0.2, 0.25) is 0 Å². The van der Waals surface area contributed by atoms with Gasteiger partial charge < -0.3 is 19.5 Å². The number of alkyl halides is 6. The number of nitrogens with zero attached hydrogens (tertiary/aromatic N) is 1. The molecule has 5 nitrogen and oxygen atoms in total. The van der Waals surface area contributed by atoms with Crippen LogP contribution in [0.25, 0.3) is 0 Å². The van der Waals surface area contributed by atoms with E-state index in [1.165, 1.54) is 24.3 Å². The molecule has 180 valence electrons. The fraction of sp³-hybridized carbons (Fsp3) is 0.667. The Hall–Kier alpha value is -2.01. The number of benzene rings is 1. The van der Waals surface area contributed by atoms with Crippen molar-refractivity contribution in [2.24, 2.45) is 5.41 Å². The summed E-state index contributed by atoms with van der Waals surface area (Å²) in [5.74, 6) is -0.130. The summed E-state index contributed by atoms with van der Waals surface area (Å²) in [7, 11) is 0. The van der Waals surface area contributed by atoms with Crippen molar-refractivity contribution in [3.63, 3.8) is 0 Å². The minimum Gasteiger partial charge on any atom is -0.481 e. The summed E-state index contributed by atoms with van der Waals surface area (Å²) in [4.78, 5) is 14.7. The lowest BCUT2D eigenvalue weighted by molar-refractivity contribution is -0.191. The Balaban J connectivity index is 1.58. The van der Waals surface area contributed by atoms with E-state index in [1.54, 1.807) is 4.90 Å². The van der Waals surface area contributed by atoms with E-state index in [0.717, 1.165) is 6.92 Å². The minimum absolute atomic E-state index is 0.0292. The Morgan fingerprint density at radius 2 is 1.62 bits per heavy atom. The molecule has 1 aliphatic heterocycles. The van der Waals surface area contributed by atoms with Gasteiger partial charge in [0.2, 0.25) is 5.91 Å². The topological polar surface area (TPSA) is 59.0 Å². The smallest absolute Gasteiger partial charge is 0.425 e. The fourth-order valence-corrected chi connectivity index (χ4v) is 4.20. The van der Waals surface area contributed by atoms with Crippen molar-refractivity contribution in [2.45, 2.75) is 63.1 Å². The van der Waals surface area contributed by atoms with Crippen LogP contribution in [0.5, 0.6) is 5.75 Å². The Morgan fingerprint density at radius 3 is 2.16 bits per heavy atom. The van der Waals surface area contributed by atoms with Gasteiger partial charge in [0, 0.05) is 12.2 Å². The maximum atomic E-state index is 13.1. The molecular formula is C21H25F6NO4. The van der Waals surface area contributed by atoms with Crippen LogP contribution in [0, 0.1) is 5.41 Å². The first-order valence-corrected chi connectivity index (χ1v) is 10.3. The van der Waals surface area contributed by atoms with Gasteiger partial charge in [-0.25, -0.2) is 0 Å². The Kier molecular flexibility index (Phi) is 6.72. The molecule has 3 rings (SSSR count). The van der Waals surface area contributed by atoms with Crippen molar-refractivity contribution in [3.05, 3.63) is 24.3 Å². The molecule has 1 N–H and O–H groups in total. The van der Waals surface area contributed by atoms with Crippen LogP contribution < -0.4 is 9.64 Å². The van der Waals surface area contributed by atoms with Gasteiger partial charge in [-0.15, -0.1) is 0 Å². The molecule has 1 aromatic rings. The first-order valence-electron chi connectivity index (χ1n) is 10.3. The van der Waals surface area contributed by atoms with E-state index in [2.05, 4.69) is 4.74 Å². The van der Waals surface area contributed by atoms with Crippen molar-refractivity contribution in [3.8, 4) is 5.75 Å². The van der Waals surface area contributed by atoms with Crippen LogP contribution in [-0.2, 0) is 9.53 Å². The molecule has 1 saturated carbocycles. The SMILES string of the molecule is C[C@H](Oc1ccc(N2CCC3(CCC(O)(COCC(F)(F)F)CC3)C2=O)cc1)C(F)(F)F. The zero-order valence-corrected chi connectivity index (χ0v) is 17.4. The van der Waals surface area contributed by atoms with E-state index in [9.17, 15) is 36.2 Å².